The van der Waals surface area contributed by atoms with Crippen LogP contribution < -0.4 is 9.47 Å². The van der Waals surface area contributed by atoms with Crippen molar-refractivity contribution in [1.82, 2.24) is 0 Å². The molecule has 7 heteroatoms. The van der Waals surface area contributed by atoms with E-state index < -0.39 is 5.97 Å². The molecule has 0 saturated heterocycles. The Morgan fingerprint density at radius 1 is 1.29 bits per heavy atom. The lowest BCUT2D eigenvalue weighted by Gasteiger charge is -2.06. The molecule has 0 aromatic heterocycles. The molecule has 0 atom stereocenters. The van der Waals surface area contributed by atoms with Crippen molar-refractivity contribution in [2.45, 2.75) is 13.8 Å². The molecule has 0 amide bonds. The molecule has 0 spiro atoms. The van der Waals surface area contributed by atoms with E-state index in [1.54, 1.807) is 25.1 Å². The van der Waals surface area contributed by atoms with Crippen molar-refractivity contribution in [2.24, 2.45) is 10.2 Å². The smallest absolute Gasteiger partial charge is 0.362 e. The Morgan fingerprint density at radius 3 is 2.52 bits per heavy atom. The van der Waals surface area contributed by atoms with E-state index in [9.17, 15) is 9.90 Å². The van der Waals surface area contributed by atoms with Crippen molar-refractivity contribution in [3.8, 4) is 11.5 Å². The Morgan fingerprint density at radius 2 is 2.00 bits per heavy atom. The molecule has 1 N–H and O–H groups in total. The van der Waals surface area contributed by atoms with E-state index in [-0.39, 0.29) is 18.1 Å². The zero-order valence-corrected chi connectivity index (χ0v) is 12.4. The van der Waals surface area contributed by atoms with Gasteiger partial charge in [0, 0.05) is 6.07 Å². The normalized spacial score (nSPS) is 12.0. The van der Waals surface area contributed by atoms with Gasteiger partial charge in [-0.15, -0.1) is 10.2 Å². The highest BCUT2D eigenvalue weighted by Gasteiger charge is 2.14. The minimum Gasteiger partial charge on any atom is -0.510 e. The Balaban J connectivity index is 3.12. The molecule has 0 unspecified atom stereocenters. The summed E-state index contributed by atoms with van der Waals surface area (Å²) in [6.45, 7) is 3.16. The van der Waals surface area contributed by atoms with Gasteiger partial charge in [-0.2, -0.15) is 0 Å². The fourth-order valence-electron chi connectivity index (χ4n) is 1.44. The third-order valence-corrected chi connectivity index (χ3v) is 2.46. The molecular weight excluding hydrogens is 276 g/mol. The van der Waals surface area contributed by atoms with Crippen molar-refractivity contribution >= 4 is 11.7 Å². The van der Waals surface area contributed by atoms with Gasteiger partial charge in [-0.25, -0.2) is 4.79 Å². The Labute approximate surface area is 122 Å². The van der Waals surface area contributed by atoms with Crippen molar-refractivity contribution in [3.05, 3.63) is 29.7 Å². The second-order valence-electron chi connectivity index (χ2n) is 3.89. The molecule has 1 aromatic carbocycles. The molecule has 0 aliphatic rings. The zero-order valence-electron chi connectivity index (χ0n) is 12.4. The minimum absolute atomic E-state index is 0.174. The summed E-state index contributed by atoms with van der Waals surface area (Å²) in [5.41, 5.74) is 0.0987. The monoisotopic (exact) mass is 294 g/mol. The summed E-state index contributed by atoms with van der Waals surface area (Å²) < 4.78 is 15.0. The summed E-state index contributed by atoms with van der Waals surface area (Å²) in [5, 5.41) is 17.1. The van der Waals surface area contributed by atoms with Gasteiger partial charge in [0.1, 0.15) is 22.9 Å². The van der Waals surface area contributed by atoms with Gasteiger partial charge in [0.15, 0.2) is 0 Å². The van der Waals surface area contributed by atoms with Crippen molar-refractivity contribution in [3.63, 3.8) is 0 Å². The number of nitrogens with zero attached hydrogens (tertiary/aromatic N) is 2. The first-order valence-corrected chi connectivity index (χ1v) is 6.24. The van der Waals surface area contributed by atoms with Crippen LogP contribution in [0, 0.1) is 0 Å². The number of benzene rings is 1. The lowest BCUT2D eigenvalue weighted by Crippen LogP contribution is -2.07. The molecule has 0 heterocycles. The molecule has 0 aliphatic carbocycles. The molecular formula is C14H18N2O5. The second kappa shape index (κ2) is 7.88. The number of hydrogen-bond acceptors (Lipinski definition) is 7. The average Bonchev–Trinajstić information content (AvgIpc) is 2.47. The van der Waals surface area contributed by atoms with E-state index in [4.69, 9.17) is 14.2 Å². The summed E-state index contributed by atoms with van der Waals surface area (Å²) in [7, 11) is 3.00. The van der Waals surface area contributed by atoms with Crippen LogP contribution in [0.3, 0.4) is 0 Å². The van der Waals surface area contributed by atoms with Gasteiger partial charge in [-0.05, 0) is 26.0 Å². The first-order valence-electron chi connectivity index (χ1n) is 6.24. The molecule has 0 aliphatic heterocycles. The quantitative estimate of drug-likeness (QED) is 0.377. The first-order chi connectivity index (χ1) is 10.0. The van der Waals surface area contributed by atoms with Gasteiger partial charge < -0.3 is 19.3 Å². The molecule has 0 fully saturated rings. The number of hydrogen-bond donors (Lipinski definition) is 1. The average molecular weight is 294 g/mol. The topological polar surface area (TPSA) is 89.7 Å². The van der Waals surface area contributed by atoms with Crippen LogP contribution in [0.1, 0.15) is 13.8 Å². The lowest BCUT2D eigenvalue weighted by atomic mass is 10.3. The maximum absolute atomic E-state index is 11.6. The van der Waals surface area contributed by atoms with Crippen LogP contribution in [0.15, 0.2) is 39.9 Å². The summed E-state index contributed by atoms with van der Waals surface area (Å²) in [5.74, 6) is -0.00679. The number of esters is 1. The predicted molar refractivity (Wildman–Crippen MR) is 76.0 cm³/mol. The number of allylic oxidation sites excluding steroid dienone is 1. The van der Waals surface area contributed by atoms with E-state index in [1.165, 1.54) is 21.1 Å². The molecule has 1 aromatic rings. The van der Waals surface area contributed by atoms with Crippen molar-refractivity contribution in [1.29, 1.82) is 0 Å². The van der Waals surface area contributed by atoms with E-state index in [0.29, 0.717) is 17.2 Å². The van der Waals surface area contributed by atoms with E-state index in [0.717, 1.165) is 0 Å². The van der Waals surface area contributed by atoms with Gasteiger partial charge in [-0.1, -0.05) is 0 Å². The number of methoxy groups -OCH3 is 2. The largest absolute Gasteiger partial charge is 0.510 e. The van der Waals surface area contributed by atoms with Crippen LogP contribution in [0.2, 0.25) is 0 Å². The number of carbonyl (C=O) groups excluding carboxylic acids is 1. The zero-order chi connectivity index (χ0) is 15.8. The van der Waals surface area contributed by atoms with Gasteiger partial charge in [-0.3, -0.25) is 0 Å². The highest BCUT2D eigenvalue weighted by molar-refractivity contribution is 5.88. The van der Waals surface area contributed by atoms with Gasteiger partial charge in [0.25, 0.3) is 0 Å². The second-order valence-corrected chi connectivity index (χ2v) is 3.89. The van der Waals surface area contributed by atoms with E-state index in [1.807, 2.05) is 0 Å². The van der Waals surface area contributed by atoms with Crippen LogP contribution in [-0.4, -0.2) is 31.9 Å². The highest BCUT2D eigenvalue weighted by Crippen LogP contribution is 2.32. The van der Waals surface area contributed by atoms with Gasteiger partial charge >= 0.3 is 5.97 Å². The number of carbonyl (C=O) groups is 1. The van der Waals surface area contributed by atoms with Crippen molar-refractivity contribution < 1.29 is 24.1 Å². The predicted octanol–water partition coefficient (Wildman–Crippen LogP) is 3.14. The number of rotatable bonds is 6. The standard InChI is InChI=1S/C14H18N2O5/c1-5-21-14(18)13(9(2)17)16-15-11-8-10(19-3)6-7-12(11)20-4/h6-8,17H,5H2,1-4H3/b13-9+,16-15?. The van der Waals surface area contributed by atoms with E-state index in [2.05, 4.69) is 10.2 Å². The van der Waals surface area contributed by atoms with Gasteiger partial charge in [0.05, 0.1) is 20.8 Å². The maximum Gasteiger partial charge on any atom is 0.362 e. The minimum atomic E-state index is -0.747. The lowest BCUT2D eigenvalue weighted by molar-refractivity contribution is -0.138. The summed E-state index contributed by atoms with van der Waals surface area (Å²) in [6.07, 6.45) is 0. The summed E-state index contributed by atoms with van der Waals surface area (Å²) >= 11 is 0. The number of aliphatic hydroxyl groups excluding tert-OH is 1. The summed E-state index contributed by atoms with van der Waals surface area (Å²) in [6, 6.07) is 4.96. The van der Waals surface area contributed by atoms with Crippen LogP contribution in [0.4, 0.5) is 5.69 Å². The van der Waals surface area contributed by atoms with Crippen LogP contribution in [0.5, 0.6) is 11.5 Å². The number of ether oxygens (including phenoxy) is 3. The van der Waals surface area contributed by atoms with Crippen LogP contribution in [-0.2, 0) is 9.53 Å². The van der Waals surface area contributed by atoms with Crippen LogP contribution >= 0.6 is 0 Å². The molecule has 0 saturated carbocycles. The molecule has 0 bridgehead atoms. The highest BCUT2D eigenvalue weighted by atomic mass is 16.5. The first kappa shape index (κ1) is 16.5. The van der Waals surface area contributed by atoms with Crippen molar-refractivity contribution in [2.75, 3.05) is 20.8 Å². The Kier molecular flexibility index (Phi) is 6.19. The third kappa shape index (κ3) is 4.48. The van der Waals surface area contributed by atoms with Gasteiger partial charge in [0.2, 0.25) is 5.70 Å². The summed E-state index contributed by atoms with van der Waals surface area (Å²) in [4.78, 5) is 11.6. The van der Waals surface area contributed by atoms with E-state index >= 15 is 0 Å². The third-order valence-electron chi connectivity index (χ3n) is 2.46. The van der Waals surface area contributed by atoms with Crippen LogP contribution in [0.25, 0.3) is 0 Å². The Hall–Kier alpha value is -2.57. The number of aliphatic hydroxyl groups is 1. The SMILES string of the molecule is CCOC(=O)/C(N=Nc1cc(OC)ccc1OC)=C(/C)O. The number of azo groups is 1. The molecule has 7 nitrogen and oxygen atoms in total. The Bertz CT molecular complexity index is 562. The molecule has 1 rings (SSSR count). The maximum atomic E-state index is 11.6. The molecule has 114 valence electrons. The molecule has 0 radical (unpaired) electrons. The molecule has 21 heavy (non-hydrogen) atoms. The fraction of sp³-hybridized carbons (Fsp3) is 0.357. The fourth-order valence-corrected chi connectivity index (χ4v) is 1.44.